The van der Waals surface area contributed by atoms with E-state index in [4.69, 9.17) is 0 Å². The third-order valence-electron chi connectivity index (χ3n) is 3.73. The fraction of sp³-hybridized carbons (Fsp3) is 0.429. The summed E-state index contributed by atoms with van der Waals surface area (Å²) in [5.41, 5.74) is 1.64. The van der Waals surface area contributed by atoms with Gasteiger partial charge in [0.25, 0.3) is 11.3 Å². The molecule has 0 aliphatic carbocycles. The number of rotatable bonds is 4. The lowest BCUT2D eigenvalue weighted by molar-refractivity contribution is 0.245. The van der Waals surface area contributed by atoms with E-state index in [9.17, 15) is 4.79 Å². The zero-order chi connectivity index (χ0) is 15.9. The first-order valence-corrected chi connectivity index (χ1v) is 7.83. The topological polar surface area (TPSA) is 79.2 Å². The molecule has 0 aliphatic rings. The van der Waals surface area contributed by atoms with Crippen molar-refractivity contribution < 1.29 is 0 Å². The molecule has 1 atom stereocenters. The van der Waals surface area contributed by atoms with Crippen LogP contribution >= 0.6 is 11.3 Å². The molecule has 116 valence electrons. The van der Waals surface area contributed by atoms with Crippen molar-refractivity contribution in [3.8, 4) is 0 Å². The fourth-order valence-corrected chi connectivity index (χ4v) is 3.39. The van der Waals surface area contributed by atoms with E-state index in [2.05, 4.69) is 38.8 Å². The molecule has 0 bridgehead atoms. The van der Waals surface area contributed by atoms with Crippen LogP contribution in [0.1, 0.15) is 34.2 Å². The van der Waals surface area contributed by atoms with E-state index in [-0.39, 0.29) is 11.6 Å². The Bertz CT molecular complexity index is 864. The molecule has 3 aromatic rings. The van der Waals surface area contributed by atoms with Crippen molar-refractivity contribution in [2.24, 2.45) is 0 Å². The molecule has 7 nitrogen and oxygen atoms in total. The quantitative estimate of drug-likeness (QED) is 0.792. The maximum absolute atomic E-state index is 12.0. The molecule has 0 radical (unpaired) electrons. The Morgan fingerprint density at radius 1 is 1.41 bits per heavy atom. The first kappa shape index (κ1) is 14.9. The number of nitrogens with zero attached hydrogens (tertiary/aromatic N) is 5. The van der Waals surface area contributed by atoms with Gasteiger partial charge in [-0.1, -0.05) is 0 Å². The third kappa shape index (κ3) is 2.67. The highest BCUT2D eigenvalue weighted by atomic mass is 32.1. The zero-order valence-corrected chi connectivity index (χ0v) is 13.8. The highest BCUT2D eigenvalue weighted by Gasteiger charge is 2.18. The minimum Gasteiger partial charge on any atom is -0.292 e. The van der Waals surface area contributed by atoms with Crippen LogP contribution in [-0.4, -0.2) is 36.5 Å². The normalized spacial score (nSPS) is 13.1. The maximum atomic E-state index is 12.0. The average Bonchev–Trinajstić information content (AvgIpc) is 3.04. The summed E-state index contributed by atoms with van der Waals surface area (Å²) in [6, 6.07) is 1.69. The summed E-state index contributed by atoms with van der Waals surface area (Å²) < 4.78 is 1.32. The van der Waals surface area contributed by atoms with Crippen molar-refractivity contribution in [3.63, 3.8) is 0 Å². The molecule has 3 rings (SSSR count). The van der Waals surface area contributed by atoms with Crippen LogP contribution in [0.2, 0.25) is 0 Å². The zero-order valence-electron chi connectivity index (χ0n) is 13.0. The standard InChI is InChI=1S/C14H18N6OS/c1-8(13-9(2)22-10(3)17-13)19(4)6-11-5-12(21)20-14(18-11)15-7-16-20/h5,7-8H,6H2,1-4H3,(H,15,16,18). The molecule has 1 unspecified atom stereocenters. The van der Waals surface area contributed by atoms with Crippen LogP contribution in [0.15, 0.2) is 17.2 Å². The Labute approximate surface area is 131 Å². The Kier molecular flexibility index (Phi) is 3.79. The summed E-state index contributed by atoms with van der Waals surface area (Å²) in [4.78, 5) is 28.4. The van der Waals surface area contributed by atoms with E-state index in [1.165, 1.54) is 21.8 Å². The minimum atomic E-state index is -0.153. The summed E-state index contributed by atoms with van der Waals surface area (Å²) in [6.07, 6.45) is 1.46. The van der Waals surface area contributed by atoms with Crippen LogP contribution in [0.25, 0.3) is 5.78 Å². The van der Waals surface area contributed by atoms with Gasteiger partial charge in [-0.3, -0.25) is 14.8 Å². The van der Waals surface area contributed by atoms with Crippen molar-refractivity contribution in [1.82, 2.24) is 29.5 Å². The second-order valence-electron chi connectivity index (χ2n) is 5.37. The molecular weight excluding hydrogens is 300 g/mol. The van der Waals surface area contributed by atoms with Crippen molar-refractivity contribution in [2.45, 2.75) is 33.4 Å². The maximum Gasteiger partial charge on any atom is 0.274 e. The van der Waals surface area contributed by atoms with Gasteiger partial charge < -0.3 is 0 Å². The number of fused-ring (bicyclic) bond motifs is 1. The van der Waals surface area contributed by atoms with Gasteiger partial charge in [0, 0.05) is 17.5 Å². The minimum absolute atomic E-state index is 0.153. The second kappa shape index (κ2) is 5.62. The van der Waals surface area contributed by atoms with Crippen LogP contribution in [0.3, 0.4) is 0 Å². The van der Waals surface area contributed by atoms with Crippen LogP contribution in [0.4, 0.5) is 0 Å². The van der Waals surface area contributed by atoms with Crippen molar-refractivity contribution >= 4 is 17.1 Å². The predicted molar refractivity (Wildman–Crippen MR) is 85.1 cm³/mol. The number of aromatic nitrogens is 5. The summed E-state index contributed by atoms with van der Waals surface area (Å²) in [5, 5.41) is 3.81. The number of nitrogens with one attached hydrogen (secondary N) is 1. The summed E-state index contributed by atoms with van der Waals surface area (Å²) in [6.45, 7) is 6.78. The molecule has 8 heteroatoms. The van der Waals surface area contributed by atoms with E-state index in [1.807, 2.05) is 14.0 Å². The van der Waals surface area contributed by atoms with E-state index in [0.717, 1.165) is 10.7 Å². The van der Waals surface area contributed by atoms with Crippen molar-refractivity contribution in [2.75, 3.05) is 7.05 Å². The molecule has 0 aromatic carbocycles. The van der Waals surface area contributed by atoms with E-state index >= 15 is 0 Å². The Hall–Kier alpha value is -2.06. The molecule has 3 heterocycles. The first-order valence-electron chi connectivity index (χ1n) is 7.02. The Morgan fingerprint density at radius 2 is 2.18 bits per heavy atom. The van der Waals surface area contributed by atoms with E-state index < -0.39 is 0 Å². The van der Waals surface area contributed by atoms with Gasteiger partial charge >= 0.3 is 0 Å². The number of aromatic amines is 1. The number of H-pyrrole nitrogens is 1. The average molecular weight is 318 g/mol. The second-order valence-corrected chi connectivity index (χ2v) is 6.78. The molecule has 1 N–H and O–H groups in total. The van der Waals surface area contributed by atoms with Gasteiger partial charge in [-0.2, -0.15) is 4.52 Å². The van der Waals surface area contributed by atoms with Gasteiger partial charge in [0.1, 0.15) is 6.33 Å². The molecule has 0 saturated heterocycles. The van der Waals surface area contributed by atoms with Gasteiger partial charge in [0.15, 0.2) is 0 Å². The molecule has 0 fully saturated rings. The fourth-order valence-electron chi connectivity index (χ4n) is 2.48. The lowest BCUT2D eigenvalue weighted by Crippen LogP contribution is -2.25. The van der Waals surface area contributed by atoms with Gasteiger partial charge in [-0.25, -0.2) is 15.0 Å². The van der Waals surface area contributed by atoms with Gasteiger partial charge in [0.2, 0.25) is 0 Å². The van der Waals surface area contributed by atoms with Crippen LogP contribution in [0, 0.1) is 13.8 Å². The highest BCUT2D eigenvalue weighted by molar-refractivity contribution is 7.11. The lowest BCUT2D eigenvalue weighted by atomic mass is 10.2. The van der Waals surface area contributed by atoms with E-state index in [1.54, 1.807) is 11.3 Å². The molecule has 0 spiro atoms. The molecule has 22 heavy (non-hydrogen) atoms. The number of aryl methyl sites for hydroxylation is 2. The summed E-state index contributed by atoms with van der Waals surface area (Å²) >= 11 is 1.71. The summed E-state index contributed by atoms with van der Waals surface area (Å²) in [7, 11) is 2.01. The van der Waals surface area contributed by atoms with Gasteiger partial charge in [0.05, 0.1) is 22.4 Å². The largest absolute Gasteiger partial charge is 0.292 e. The van der Waals surface area contributed by atoms with Gasteiger partial charge in [-0.15, -0.1) is 11.3 Å². The molecule has 3 aromatic heterocycles. The molecular formula is C14H18N6OS. The third-order valence-corrected chi connectivity index (χ3v) is 4.63. The lowest BCUT2D eigenvalue weighted by Gasteiger charge is -2.23. The van der Waals surface area contributed by atoms with Crippen molar-refractivity contribution in [3.05, 3.63) is 44.0 Å². The van der Waals surface area contributed by atoms with E-state index in [0.29, 0.717) is 18.0 Å². The first-order chi connectivity index (χ1) is 10.5. The van der Waals surface area contributed by atoms with Crippen molar-refractivity contribution in [1.29, 1.82) is 0 Å². The smallest absolute Gasteiger partial charge is 0.274 e. The molecule has 0 saturated carbocycles. The highest BCUT2D eigenvalue weighted by Crippen LogP contribution is 2.26. The number of hydrogen-bond acceptors (Lipinski definition) is 6. The Balaban J connectivity index is 1.84. The molecule has 0 aliphatic heterocycles. The monoisotopic (exact) mass is 318 g/mol. The summed E-state index contributed by atoms with van der Waals surface area (Å²) in [5.74, 6) is 0.393. The number of thiazole rings is 1. The van der Waals surface area contributed by atoms with Crippen LogP contribution in [0.5, 0.6) is 0 Å². The SMILES string of the molecule is Cc1nc(C(C)N(C)Cc2cc(=O)n3[nH]cnc3n2)c(C)s1. The van der Waals surface area contributed by atoms with Gasteiger partial charge in [-0.05, 0) is 27.8 Å². The van der Waals surface area contributed by atoms with Crippen LogP contribution in [-0.2, 0) is 6.54 Å². The predicted octanol–water partition coefficient (Wildman–Crippen LogP) is 1.68. The molecule has 0 amide bonds. The Morgan fingerprint density at radius 3 is 2.86 bits per heavy atom. The van der Waals surface area contributed by atoms with Crippen LogP contribution < -0.4 is 5.56 Å². The number of hydrogen-bond donors (Lipinski definition) is 1.